The summed E-state index contributed by atoms with van der Waals surface area (Å²) in [6.07, 6.45) is 1.39. The van der Waals surface area contributed by atoms with Gasteiger partial charge in [0.2, 0.25) is 0 Å². The van der Waals surface area contributed by atoms with Gasteiger partial charge in [-0.25, -0.2) is 4.99 Å². The van der Waals surface area contributed by atoms with Gasteiger partial charge >= 0.3 is 0 Å². The molecule has 0 fully saturated rings. The minimum absolute atomic E-state index is 0.148. The maximum Gasteiger partial charge on any atom is 0.161 e. The van der Waals surface area contributed by atoms with Gasteiger partial charge in [0.1, 0.15) is 10.3 Å². The van der Waals surface area contributed by atoms with Gasteiger partial charge in [-0.15, -0.1) is 0 Å². The highest BCUT2D eigenvalue weighted by Crippen LogP contribution is 2.21. The number of aliphatic imine (C=N–C) groups is 1. The van der Waals surface area contributed by atoms with Crippen LogP contribution in [-0.2, 0) is 9.47 Å². The van der Waals surface area contributed by atoms with Gasteiger partial charge in [0.15, 0.2) is 6.29 Å². The van der Waals surface area contributed by atoms with E-state index in [9.17, 15) is 0 Å². The van der Waals surface area contributed by atoms with Crippen LogP contribution in [0.15, 0.2) is 15.7 Å². The number of nitrogens with one attached hydrogen (secondary N) is 1. The number of hydrogen-bond acceptors (Lipinski definition) is 4. The highest BCUT2D eigenvalue weighted by Gasteiger charge is 2.16. The van der Waals surface area contributed by atoms with Crippen molar-refractivity contribution in [1.29, 1.82) is 5.41 Å². The van der Waals surface area contributed by atoms with Crippen molar-refractivity contribution >= 4 is 34.6 Å². The third-order valence-electron chi connectivity index (χ3n) is 1.83. The molecule has 0 aliphatic rings. The van der Waals surface area contributed by atoms with E-state index in [-0.39, 0.29) is 10.3 Å². The molecule has 0 aliphatic heterocycles. The zero-order valence-corrected chi connectivity index (χ0v) is 11.8. The van der Waals surface area contributed by atoms with Gasteiger partial charge in [0.05, 0.1) is 0 Å². The standard InChI is InChI=1S/C11H18Cl2N2O2/c1-4-15-11(13)8(10(12)14)7-9(16-5-2)17-6-3/h4,9,14H,5-7H2,1-3H3/b11-8-,14-10?,15-4?. The zero-order chi connectivity index (χ0) is 13.3. The molecule has 0 saturated carbocycles. The Labute approximate surface area is 112 Å². The summed E-state index contributed by atoms with van der Waals surface area (Å²) in [6.45, 7) is 6.51. The minimum Gasteiger partial charge on any atom is -0.353 e. The van der Waals surface area contributed by atoms with E-state index in [2.05, 4.69) is 4.99 Å². The monoisotopic (exact) mass is 280 g/mol. The highest BCUT2D eigenvalue weighted by atomic mass is 35.5. The van der Waals surface area contributed by atoms with Crippen LogP contribution in [0.4, 0.5) is 0 Å². The van der Waals surface area contributed by atoms with Crippen LogP contribution in [0.5, 0.6) is 0 Å². The van der Waals surface area contributed by atoms with Crippen LogP contribution >= 0.6 is 23.2 Å². The maximum absolute atomic E-state index is 7.46. The Morgan fingerprint density at radius 3 is 2.18 bits per heavy atom. The largest absolute Gasteiger partial charge is 0.353 e. The van der Waals surface area contributed by atoms with E-state index in [0.29, 0.717) is 25.2 Å². The Hall–Kier alpha value is -0.420. The predicted octanol–water partition coefficient (Wildman–Crippen LogP) is 3.53. The van der Waals surface area contributed by atoms with Crippen LogP contribution in [0.3, 0.4) is 0 Å². The van der Waals surface area contributed by atoms with Crippen molar-refractivity contribution in [1.82, 2.24) is 0 Å². The molecule has 0 heterocycles. The molecule has 0 rings (SSSR count). The predicted molar refractivity (Wildman–Crippen MR) is 72.3 cm³/mol. The Bertz CT molecular complexity index is 298. The molecule has 0 aromatic carbocycles. The van der Waals surface area contributed by atoms with Gasteiger partial charge < -0.3 is 9.47 Å². The average molecular weight is 281 g/mol. The SMILES string of the molecule is CC=N/C(Cl)=C(/CC(OCC)OCC)C(=N)Cl. The second kappa shape index (κ2) is 9.59. The molecule has 6 heteroatoms. The lowest BCUT2D eigenvalue weighted by Gasteiger charge is -2.18. The molecule has 0 bridgehead atoms. The van der Waals surface area contributed by atoms with E-state index in [1.807, 2.05) is 13.8 Å². The Kier molecular flexibility index (Phi) is 9.36. The summed E-state index contributed by atoms with van der Waals surface area (Å²) >= 11 is 11.6. The second-order valence-electron chi connectivity index (χ2n) is 3.02. The van der Waals surface area contributed by atoms with E-state index in [0.717, 1.165) is 0 Å². The van der Waals surface area contributed by atoms with Crippen LogP contribution in [0.1, 0.15) is 27.2 Å². The molecule has 17 heavy (non-hydrogen) atoms. The van der Waals surface area contributed by atoms with Crippen LogP contribution in [0, 0.1) is 5.41 Å². The number of nitrogens with zero attached hydrogens (tertiary/aromatic N) is 1. The summed E-state index contributed by atoms with van der Waals surface area (Å²) in [4.78, 5) is 3.90. The van der Waals surface area contributed by atoms with Gasteiger partial charge in [0, 0.05) is 31.4 Å². The first-order chi connectivity index (χ1) is 8.06. The van der Waals surface area contributed by atoms with Gasteiger partial charge in [-0.05, 0) is 20.8 Å². The van der Waals surface area contributed by atoms with Crippen molar-refractivity contribution in [2.24, 2.45) is 4.99 Å². The molecule has 0 aromatic heterocycles. The minimum atomic E-state index is -0.458. The van der Waals surface area contributed by atoms with E-state index in [4.69, 9.17) is 38.1 Å². The number of halogens is 2. The van der Waals surface area contributed by atoms with Crippen molar-refractivity contribution in [2.75, 3.05) is 13.2 Å². The van der Waals surface area contributed by atoms with Crippen LogP contribution < -0.4 is 0 Å². The molecule has 0 spiro atoms. The van der Waals surface area contributed by atoms with Crippen LogP contribution in [0.2, 0.25) is 0 Å². The molecular weight excluding hydrogens is 263 g/mol. The zero-order valence-electron chi connectivity index (χ0n) is 10.3. The van der Waals surface area contributed by atoms with Crippen molar-refractivity contribution in [3.8, 4) is 0 Å². The smallest absolute Gasteiger partial charge is 0.161 e. The molecule has 98 valence electrons. The van der Waals surface area contributed by atoms with E-state index >= 15 is 0 Å². The molecular formula is C11H18Cl2N2O2. The summed E-state index contributed by atoms with van der Waals surface area (Å²) in [5.74, 6) is 0. The van der Waals surface area contributed by atoms with Crippen LogP contribution in [-0.4, -0.2) is 30.9 Å². The first kappa shape index (κ1) is 16.6. The molecule has 0 unspecified atom stereocenters. The summed E-state index contributed by atoms with van der Waals surface area (Å²) < 4.78 is 10.7. The molecule has 0 aromatic rings. The van der Waals surface area contributed by atoms with Crippen molar-refractivity contribution < 1.29 is 9.47 Å². The topological polar surface area (TPSA) is 54.7 Å². The Morgan fingerprint density at radius 2 is 1.82 bits per heavy atom. The third-order valence-corrected chi connectivity index (χ3v) is 2.39. The van der Waals surface area contributed by atoms with E-state index < -0.39 is 6.29 Å². The Balaban J connectivity index is 4.84. The summed E-state index contributed by atoms with van der Waals surface area (Å²) in [6, 6.07) is 0. The maximum atomic E-state index is 7.46. The first-order valence-electron chi connectivity index (χ1n) is 5.41. The van der Waals surface area contributed by atoms with Crippen LogP contribution in [0.25, 0.3) is 0 Å². The van der Waals surface area contributed by atoms with Gasteiger partial charge in [0.25, 0.3) is 0 Å². The average Bonchev–Trinajstić information content (AvgIpc) is 2.26. The molecule has 0 atom stereocenters. The normalized spacial score (nSPS) is 13.3. The molecule has 1 N–H and O–H groups in total. The number of ether oxygens (including phenoxy) is 2. The van der Waals surface area contributed by atoms with Crippen molar-refractivity contribution in [3.05, 3.63) is 10.7 Å². The molecule has 4 nitrogen and oxygen atoms in total. The summed E-state index contributed by atoms with van der Waals surface area (Å²) in [5, 5.41) is 7.50. The van der Waals surface area contributed by atoms with E-state index in [1.54, 1.807) is 13.1 Å². The summed E-state index contributed by atoms with van der Waals surface area (Å²) in [7, 11) is 0. The number of hydrogen-bond donors (Lipinski definition) is 1. The molecule has 0 saturated heterocycles. The summed E-state index contributed by atoms with van der Waals surface area (Å²) in [5.41, 5.74) is 0.415. The lowest BCUT2D eigenvalue weighted by Crippen LogP contribution is -2.19. The van der Waals surface area contributed by atoms with Gasteiger partial charge in [-0.1, -0.05) is 23.2 Å². The van der Waals surface area contributed by atoms with E-state index in [1.165, 1.54) is 0 Å². The third kappa shape index (κ3) is 6.78. The first-order valence-corrected chi connectivity index (χ1v) is 6.17. The lowest BCUT2D eigenvalue weighted by atomic mass is 10.2. The molecule has 0 aliphatic carbocycles. The second-order valence-corrected chi connectivity index (χ2v) is 3.75. The lowest BCUT2D eigenvalue weighted by molar-refractivity contribution is -0.133. The highest BCUT2D eigenvalue weighted by molar-refractivity contribution is 6.69. The van der Waals surface area contributed by atoms with Crippen molar-refractivity contribution in [2.45, 2.75) is 33.5 Å². The molecule has 0 amide bonds. The fraction of sp³-hybridized carbons (Fsp3) is 0.636. The fourth-order valence-electron chi connectivity index (χ4n) is 1.16. The van der Waals surface area contributed by atoms with Crippen molar-refractivity contribution in [3.63, 3.8) is 0 Å². The van der Waals surface area contributed by atoms with Gasteiger partial charge in [-0.3, -0.25) is 5.41 Å². The number of rotatable bonds is 8. The quantitative estimate of drug-likeness (QED) is 0.420. The Morgan fingerprint density at radius 1 is 1.29 bits per heavy atom. The fourth-order valence-corrected chi connectivity index (χ4v) is 1.64. The molecule has 0 radical (unpaired) electrons. The van der Waals surface area contributed by atoms with Gasteiger partial charge in [-0.2, -0.15) is 0 Å².